The van der Waals surface area contributed by atoms with Gasteiger partial charge in [0.15, 0.2) is 0 Å². The van der Waals surface area contributed by atoms with Gasteiger partial charge in [0.25, 0.3) is 0 Å². The van der Waals surface area contributed by atoms with Gasteiger partial charge in [-0.1, -0.05) is 95.2 Å². The molecule has 1 saturated heterocycles. The van der Waals surface area contributed by atoms with Gasteiger partial charge in [-0.2, -0.15) is 11.8 Å². The summed E-state index contributed by atoms with van der Waals surface area (Å²) < 4.78 is 6.21. The van der Waals surface area contributed by atoms with Crippen LogP contribution in [0.4, 0.5) is 0 Å². The molecule has 90 heavy (non-hydrogen) atoms. The highest BCUT2D eigenvalue weighted by atomic mass is 32.2. The summed E-state index contributed by atoms with van der Waals surface area (Å²) in [5, 5.41) is 23.2. The molecule has 5 N–H and O–H groups in total. The smallest absolute Gasteiger partial charge is 0.246 e. The van der Waals surface area contributed by atoms with E-state index in [2.05, 4.69) is 21.3 Å². The standard InChI is InChI=1S/C65H117N11O13S/c1-25-27-30-42(13)55(78)54-59(82)68-46(26-2)61(84)70(17)36-50(77)74(21)53(45(16)89-31-28-29-32-90-24)58(81)69-51(40(9)10)64(87)71(18)47(33-37(3)4)57(80)66-43(14)56(79)67-44(15)60(83)72(19)48(34-38(5)6)62(85)73(20)49(35-39(7)8)63(86)75(22)52(41(11)12)65(88)76(54)23/h25,27,37-49,51-55,78H,26,28-36H2,1-24H3,(H,66,80)(H,67,79)(H,68,82)(H,69,81)/b27-25+/t42-,43+,44+,45-,46+,47-,48+,49-,51+,52+,53+,54+,55-/m1/s1. The minimum atomic E-state index is -1.63. The first-order chi connectivity index (χ1) is 41.8. The SMILES string of the molecule is C/C=C/C[C@@H](C)[C@@H](O)[C@H]1C(=O)N[C@@H](CC)C(=O)N(C)CC(=O)N(C)[C@@H]([C@@H](C)OCCCCSC)C(=O)N[C@@H](C(C)C)C(=O)N(C)[C@H](CC(C)C)C(=O)N[C@@H](C)C(=O)N[C@@H](C)C(=O)N(C)[C@@H](CC(C)C)C(=O)N(C)[C@H](CC(C)C)C(=O)N(C)[C@@H](C(C)C)C(=O)N1C. The summed E-state index contributed by atoms with van der Waals surface area (Å²) in [5.74, 6) is -9.08. The first kappa shape index (κ1) is 82.2. The van der Waals surface area contributed by atoms with Crippen LogP contribution in [-0.4, -0.2) is 252 Å². The zero-order valence-electron chi connectivity index (χ0n) is 59.0. The van der Waals surface area contributed by atoms with Gasteiger partial charge >= 0.3 is 0 Å². The number of thioether (sulfide) groups is 1. The molecule has 0 aromatic carbocycles. The van der Waals surface area contributed by atoms with Crippen LogP contribution in [0.15, 0.2) is 12.2 Å². The van der Waals surface area contributed by atoms with Crippen LogP contribution >= 0.6 is 11.8 Å². The molecule has 0 saturated carbocycles. The minimum absolute atomic E-state index is 0.00309. The number of unbranched alkanes of at least 4 members (excludes halogenated alkanes) is 1. The molecule has 0 aromatic rings. The van der Waals surface area contributed by atoms with Crippen LogP contribution in [0.1, 0.15) is 156 Å². The van der Waals surface area contributed by atoms with Crippen LogP contribution in [0.5, 0.6) is 0 Å². The Hall–Kier alpha value is -5.82. The van der Waals surface area contributed by atoms with E-state index in [1.54, 1.807) is 79.3 Å². The summed E-state index contributed by atoms with van der Waals surface area (Å²) in [5.41, 5.74) is 0. The van der Waals surface area contributed by atoms with Crippen LogP contribution < -0.4 is 21.3 Å². The van der Waals surface area contributed by atoms with E-state index >= 15 is 9.59 Å². The van der Waals surface area contributed by atoms with Crippen molar-refractivity contribution in [3.63, 3.8) is 0 Å². The summed E-state index contributed by atoms with van der Waals surface area (Å²) in [7, 11) is 9.86. The second-order valence-electron chi connectivity index (χ2n) is 26.7. The van der Waals surface area contributed by atoms with Gasteiger partial charge in [0.2, 0.25) is 65.0 Å². The van der Waals surface area contributed by atoms with Gasteiger partial charge in [0.05, 0.1) is 18.8 Å². The lowest BCUT2D eigenvalue weighted by Gasteiger charge is -2.41. The van der Waals surface area contributed by atoms with Crippen molar-refractivity contribution in [3.8, 4) is 0 Å². The summed E-state index contributed by atoms with van der Waals surface area (Å²) in [4.78, 5) is 170. The lowest BCUT2D eigenvalue weighted by Crippen LogP contribution is -2.63. The molecule has 1 aliphatic rings. The monoisotopic (exact) mass is 1290 g/mol. The van der Waals surface area contributed by atoms with Crippen molar-refractivity contribution in [1.29, 1.82) is 0 Å². The number of aliphatic hydroxyl groups is 1. The van der Waals surface area contributed by atoms with E-state index in [1.807, 2.05) is 47.8 Å². The molecule has 0 spiro atoms. The number of carbonyl (C=O) groups is 11. The second-order valence-corrected chi connectivity index (χ2v) is 27.7. The number of nitrogens with one attached hydrogen (secondary N) is 4. The summed E-state index contributed by atoms with van der Waals surface area (Å²) >= 11 is 1.67. The van der Waals surface area contributed by atoms with Crippen LogP contribution in [0, 0.1) is 35.5 Å². The molecule has 11 amide bonds. The predicted octanol–water partition coefficient (Wildman–Crippen LogP) is 3.77. The van der Waals surface area contributed by atoms with Crippen molar-refractivity contribution in [2.45, 2.75) is 228 Å². The number of amides is 11. The number of hydrogen-bond donors (Lipinski definition) is 5. The summed E-state index contributed by atoms with van der Waals surface area (Å²) in [6.45, 7) is 27.4. The van der Waals surface area contributed by atoms with Gasteiger partial charge in [-0.3, -0.25) is 52.7 Å². The lowest BCUT2D eigenvalue weighted by molar-refractivity contribution is -0.157. The maximum absolute atomic E-state index is 15.2. The molecule has 516 valence electrons. The zero-order chi connectivity index (χ0) is 69.5. The molecule has 1 heterocycles. The number of hydrogen-bond acceptors (Lipinski definition) is 14. The second kappa shape index (κ2) is 38.9. The Morgan fingerprint density at radius 2 is 1.01 bits per heavy atom. The summed E-state index contributed by atoms with van der Waals surface area (Å²) in [6.07, 6.45) is 5.31. The maximum Gasteiger partial charge on any atom is 0.246 e. The van der Waals surface area contributed by atoms with Gasteiger partial charge in [0, 0.05) is 55.9 Å². The van der Waals surface area contributed by atoms with Gasteiger partial charge in [-0.25, -0.2) is 0 Å². The van der Waals surface area contributed by atoms with Crippen molar-refractivity contribution < 1.29 is 62.6 Å². The highest BCUT2D eigenvalue weighted by molar-refractivity contribution is 7.98. The highest BCUT2D eigenvalue weighted by Crippen LogP contribution is 2.26. The molecule has 24 nitrogen and oxygen atoms in total. The van der Waals surface area contributed by atoms with E-state index in [1.165, 1.54) is 82.8 Å². The van der Waals surface area contributed by atoms with E-state index < -0.39 is 162 Å². The van der Waals surface area contributed by atoms with Crippen molar-refractivity contribution in [2.24, 2.45) is 35.5 Å². The number of nitrogens with zero attached hydrogens (tertiary/aromatic N) is 7. The molecule has 25 heteroatoms. The largest absolute Gasteiger partial charge is 0.390 e. The van der Waals surface area contributed by atoms with Crippen molar-refractivity contribution in [3.05, 3.63) is 12.2 Å². The quantitative estimate of drug-likeness (QED) is 0.0858. The number of likely N-dealkylation sites (N-methyl/N-ethyl adjacent to an activating group) is 7. The van der Waals surface area contributed by atoms with Crippen LogP contribution in [0.3, 0.4) is 0 Å². The molecular weight excluding hydrogens is 1170 g/mol. The van der Waals surface area contributed by atoms with E-state index in [-0.39, 0.29) is 50.0 Å². The van der Waals surface area contributed by atoms with Gasteiger partial charge in [0.1, 0.15) is 60.4 Å². The molecule has 13 atom stereocenters. The van der Waals surface area contributed by atoms with Crippen LogP contribution in [0.25, 0.3) is 0 Å². The van der Waals surface area contributed by atoms with E-state index in [0.717, 1.165) is 26.9 Å². The fourth-order valence-corrected chi connectivity index (χ4v) is 11.7. The Morgan fingerprint density at radius 1 is 0.533 bits per heavy atom. The molecule has 1 aliphatic heterocycles. The normalized spacial score (nSPS) is 26.4. The molecule has 0 bridgehead atoms. The number of rotatable bonds is 20. The Labute approximate surface area is 543 Å². The molecule has 1 fully saturated rings. The number of carbonyl (C=O) groups excluding carboxylic acids is 11. The van der Waals surface area contributed by atoms with E-state index in [9.17, 15) is 48.3 Å². The van der Waals surface area contributed by atoms with E-state index in [4.69, 9.17) is 4.74 Å². The highest BCUT2D eigenvalue weighted by Gasteiger charge is 2.46. The molecule has 0 unspecified atom stereocenters. The number of aliphatic hydroxyl groups excluding tert-OH is 1. The Bertz CT molecular complexity index is 2430. The summed E-state index contributed by atoms with van der Waals surface area (Å²) in [6, 6.07) is -12.8. The van der Waals surface area contributed by atoms with Crippen molar-refractivity contribution in [2.75, 3.05) is 74.5 Å². The fraction of sp³-hybridized carbons (Fsp3) is 0.800. The number of allylic oxidation sites excluding steroid dienone is 2. The van der Waals surface area contributed by atoms with Gasteiger partial charge in [-0.05, 0) is 120 Å². The average Bonchev–Trinajstić information content (AvgIpc) is 0.863. The molecule has 0 aliphatic carbocycles. The third kappa shape index (κ3) is 23.7. The zero-order valence-corrected chi connectivity index (χ0v) is 59.8. The first-order valence-corrected chi connectivity index (χ1v) is 33.6. The molecule has 0 radical (unpaired) electrons. The third-order valence-electron chi connectivity index (χ3n) is 16.9. The van der Waals surface area contributed by atoms with Crippen molar-refractivity contribution in [1.82, 2.24) is 55.6 Å². The maximum atomic E-state index is 15.2. The Morgan fingerprint density at radius 3 is 1.50 bits per heavy atom. The number of ether oxygens (including phenoxy) is 1. The van der Waals surface area contributed by atoms with E-state index in [0.29, 0.717) is 12.8 Å². The Kier molecular flexibility index (Phi) is 35.5. The first-order valence-electron chi connectivity index (χ1n) is 32.2. The van der Waals surface area contributed by atoms with Gasteiger partial charge < -0.3 is 65.4 Å². The van der Waals surface area contributed by atoms with Crippen molar-refractivity contribution >= 4 is 76.7 Å². The minimum Gasteiger partial charge on any atom is -0.390 e. The van der Waals surface area contributed by atoms with Crippen LogP contribution in [-0.2, 0) is 57.5 Å². The molecule has 0 aromatic heterocycles. The van der Waals surface area contributed by atoms with Gasteiger partial charge in [-0.15, -0.1) is 0 Å². The topological polar surface area (TPSA) is 288 Å². The fourth-order valence-electron chi connectivity index (χ4n) is 11.2. The average molecular weight is 1290 g/mol. The van der Waals surface area contributed by atoms with Crippen LogP contribution in [0.2, 0.25) is 0 Å². The molecular formula is C65H117N11O13S. The molecule has 1 rings (SSSR count). The third-order valence-corrected chi connectivity index (χ3v) is 17.6. The lowest BCUT2D eigenvalue weighted by atomic mass is 9.91. The Balaban J connectivity index is 4.38. The predicted molar refractivity (Wildman–Crippen MR) is 352 cm³/mol.